The first-order valence-corrected chi connectivity index (χ1v) is 6.54. The van der Waals surface area contributed by atoms with Crippen molar-refractivity contribution >= 4 is 0 Å². The Balaban J connectivity index is 1.72. The first kappa shape index (κ1) is 12.5. The van der Waals surface area contributed by atoms with Crippen LogP contribution in [-0.4, -0.2) is 29.7 Å². The van der Waals surface area contributed by atoms with E-state index < -0.39 is 0 Å². The van der Waals surface area contributed by atoms with Crippen molar-refractivity contribution in [2.45, 2.75) is 44.7 Å². The summed E-state index contributed by atoms with van der Waals surface area (Å²) in [6.07, 6.45) is 5.31. The van der Waals surface area contributed by atoms with Crippen LogP contribution in [0.1, 0.15) is 32.4 Å². The molecule has 3 nitrogen and oxygen atoms in total. The Kier molecular flexibility index (Phi) is 4.13. The van der Waals surface area contributed by atoms with Gasteiger partial charge in [0, 0.05) is 36.4 Å². The summed E-state index contributed by atoms with van der Waals surface area (Å²) in [5, 5.41) is 7.19. The lowest BCUT2D eigenvalue weighted by molar-refractivity contribution is 0.249. The predicted molar refractivity (Wildman–Crippen MR) is 71.0 cm³/mol. The summed E-state index contributed by atoms with van der Waals surface area (Å²) in [6.45, 7) is 6.70. The molecular formula is C14H23N3. The molecular weight excluding hydrogens is 210 g/mol. The largest absolute Gasteiger partial charge is 0.313 e. The van der Waals surface area contributed by atoms with Gasteiger partial charge in [0.1, 0.15) is 0 Å². The quantitative estimate of drug-likeness (QED) is 0.832. The molecule has 0 aromatic carbocycles. The predicted octanol–water partition coefficient (Wildman–Crippen LogP) is 1.74. The topological polar surface area (TPSA) is 37.0 Å². The van der Waals surface area contributed by atoms with Gasteiger partial charge in [0.05, 0.1) is 0 Å². The Hall–Kier alpha value is -0.930. The van der Waals surface area contributed by atoms with Crippen LogP contribution in [0.2, 0.25) is 0 Å². The average molecular weight is 233 g/mol. The van der Waals surface area contributed by atoms with Crippen molar-refractivity contribution in [3.8, 4) is 0 Å². The molecule has 1 fully saturated rings. The Morgan fingerprint density at radius 1 is 1.47 bits per heavy atom. The lowest BCUT2D eigenvalue weighted by Gasteiger charge is -2.37. The lowest BCUT2D eigenvalue weighted by Crippen LogP contribution is -2.52. The van der Waals surface area contributed by atoms with Crippen LogP contribution in [0.4, 0.5) is 0 Å². The van der Waals surface area contributed by atoms with E-state index in [-0.39, 0.29) is 5.54 Å². The maximum Gasteiger partial charge on any atom is 0.0416 e. The first-order chi connectivity index (χ1) is 8.16. The zero-order valence-corrected chi connectivity index (χ0v) is 10.9. The van der Waals surface area contributed by atoms with Crippen LogP contribution in [0.25, 0.3) is 0 Å². The lowest BCUT2D eigenvalue weighted by atomic mass is 9.89. The molecule has 0 aliphatic carbocycles. The zero-order chi connectivity index (χ0) is 12.1. The van der Waals surface area contributed by atoms with E-state index in [0.717, 1.165) is 19.5 Å². The summed E-state index contributed by atoms with van der Waals surface area (Å²) in [6, 6.07) is 6.76. The molecule has 0 bridgehead atoms. The fourth-order valence-corrected chi connectivity index (χ4v) is 2.50. The number of hydrogen-bond donors (Lipinski definition) is 2. The van der Waals surface area contributed by atoms with Gasteiger partial charge in [-0.3, -0.25) is 4.98 Å². The second kappa shape index (κ2) is 5.61. The van der Waals surface area contributed by atoms with E-state index in [4.69, 9.17) is 0 Å². The van der Waals surface area contributed by atoms with Gasteiger partial charge in [-0.15, -0.1) is 0 Å². The highest BCUT2D eigenvalue weighted by Gasteiger charge is 2.26. The van der Waals surface area contributed by atoms with E-state index in [1.165, 1.54) is 18.5 Å². The Morgan fingerprint density at radius 3 is 3.06 bits per heavy atom. The smallest absolute Gasteiger partial charge is 0.0416 e. The van der Waals surface area contributed by atoms with Crippen molar-refractivity contribution in [3.05, 3.63) is 30.1 Å². The van der Waals surface area contributed by atoms with Gasteiger partial charge in [-0.2, -0.15) is 0 Å². The Labute approximate surface area is 104 Å². The molecule has 0 radical (unpaired) electrons. The molecule has 1 aromatic rings. The summed E-state index contributed by atoms with van der Waals surface area (Å²) >= 11 is 0. The normalized spacial score (nSPS) is 23.5. The average Bonchev–Trinajstić information content (AvgIpc) is 2.29. The van der Waals surface area contributed by atoms with Crippen molar-refractivity contribution < 1.29 is 0 Å². The minimum atomic E-state index is 0.279. The first-order valence-electron chi connectivity index (χ1n) is 6.54. The summed E-state index contributed by atoms with van der Waals surface area (Å²) in [4.78, 5) is 4.34. The molecule has 17 heavy (non-hydrogen) atoms. The highest BCUT2D eigenvalue weighted by molar-refractivity contribution is 5.03. The van der Waals surface area contributed by atoms with Crippen molar-refractivity contribution in [1.82, 2.24) is 15.6 Å². The van der Waals surface area contributed by atoms with Crippen molar-refractivity contribution in [1.29, 1.82) is 0 Å². The Bertz CT molecular complexity index is 335. The van der Waals surface area contributed by atoms with Gasteiger partial charge in [-0.05, 0) is 45.4 Å². The number of pyridine rings is 1. The molecule has 1 unspecified atom stereocenters. The third-order valence-corrected chi connectivity index (χ3v) is 3.39. The second-order valence-corrected chi connectivity index (χ2v) is 5.53. The van der Waals surface area contributed by atoms with Gasteiger partial charge in [-0.25, -0.2) is 0 Å². The molecule has 2 N–H and O–H groups in total. The SMILES string of the molecule is CC1(C)CC(NCCc2ccccn2)CCN1. The van der Waals surface area contributed by atoms with Crippen LogP contribution in [0, 0.1) is 0 Å². The summed E-state index contributed by atoms with van der Waals surface area (Å²) in [7, 11) is 0. The molecule has 1 atom stereocenters. The molecule has 1 aliphatic rings. The van der Waals surface area contributed by atoms with Gasteiger partial charge in [0.15, 0.2) is 0 Å². The molecule has 2 heterocycles. The molecule has 94 valence electrons. The highest BCUT2D eigenvalue weighted by atomic mass is 15.0. The molecule has 0 spiro atoms. The third-order valence-electron chi connectivity index (χ3n) is 3.39. The van der Waals surface area contributed by atoms with Crippen molar-refractivity contribution in [2.24, 2.45) is 0 Å². The van der Waals surface area contributed by atoms with Crippen LogP contribution < -0.4 is 10.6 Å². The number of nitrogens with one attached hydrogen (secondary N) is 2. The second-order valence-electron chi connectivity index (χ2n) is 5.53. The molecule has 0 saturated carbocycles. The molecule has 2 rings (SSSR count). The van der Waals surface area contributed by atoms with E-state index in [0.29, 0.717) is 6.04 Å². The van der Waals surface area contributed by atoms with Crippen LogP contribution in [-0.2, 0) is 6.42 Å². The summed E-state index contributed by atoms with van der Waals surface area (Å²) in [5.74, 6) is 0. The van der Waals surface area contributed by atoms with Crippen molar-refractivity contribution in [3.63, 3.8) is 0 Å². The van der Waals surface area contributed by atoms with Crippen LogP contribution in [0.15, 0.2) is 24.4 Å². The number of aromatic nitrogens is 1. The van der Waals surface area contributed by atoms with E-state index >= 15 is 0 Å². The zero-order valence-electron chi connectivity index (χ0n) is 10.9. The summed E-state index contributed by atoms with van der Waals surface area (Å²) in [5.41, 5.74) is 1.45. The number of hydrogen-bond acceptors (Lipinski definition) is 3. The summed E-state index contributed by atoms with van der Waals surface area (Å²) < 4.78 is 0. The highest BCUT2D eigenvalue weighted by Crippen LogP contribution is 2.18. The van der Waals surface area contributed by atoms with Crippen LogP contribution in [0.5, 0.6) is 0 Å². The molecule has 1 saturated heterocycles. The van der Waals surface area contributed by atoms with Gasteiger partial charge >= 0.3 is 0 Å². The van der Waals surface area contributed by atoms with Crippen molar-refractivity contribution in [2.75, 3.05) is 13.1 Å². The van der Waals surface area contributed by atoms with Crippen LogP contribution >= 0.6 is 0 Å². The van der Waals surface area contributed by atoms with Gasteiger partial charge in [-0.1, -0.05) is 6.07 Å². The number of nitrogens with zero attached hydrogens (tertiary/aromatic N) is 1. The fraction of sp³-hybridized carbons (Fsp3) is 0.643. The van der Waals surface area contributed by atoms with E-state index in [9.17, 15) is 0 Å². The molecule has 1 aromatic heterocycles. The monoisotopic (exact) mass is 233 g/mol. The van der Waals surface area contributed by atoms with Crippen LogP contribution in [0.3, 0.4) is 0 Å². The number of piperidine rings is 1. The minimum Gasteiger partial charge on any atom is -0.313 e. The molecule has 1 aliphatic heterocycles. The molecule has 0 amide bonds. The van der Waals surface area contributed by atoms with Gasteiger partial charge < -0.3 is 10.6 Å². The van der Waals surface area contributed by atoms with Gasteiger partial charge in [0.2, 0.25) is 0 Å². The standard InChI is InChI=1S/C14H23N3/c1-14(2)11-13(7-10-17-14)16-9-6-12-5-3-4-8-15-12/h3-5,8,13,16-17H,6-7,9-11H2,1-2H3. The fourth-order valence-electron chi connectivity index (χ4n) is 2.50. The van der Waals surface area contributed by atoms with Gasteiger partial charge in [0.25, 0.3) is 0 Å². The third kappa shape index (κ3) is 4.10. The van der Waals surface area contributed by atoms with E-state index in [1.807, 2.05) is 12.3 Å². The minimum absolute atomic E-state index is 0.279. The molecule has 3 heteroatoms. The maximum absolute atomic E-state index is 4.34. The Morgan fingerprint density at radius 2 is 2.35 bits per heavy atom. The van der Waals surface area contributed by atoms with E-state index in [1.54, 1.807) is 0 Å². The number of rotatable bonds is 4. The van der Waals surface area contributed by atoms with E-state index in [2.05, 4.69) is 41.6 Å². The maximum atomic E-state index is 4.34.